The Morgan fingerprint density at radius 1 is 1.15 bits per heavy atom. The van der Waals surface area contributed by atoms with Crippen LogP contribution in [0.25, 0.3) is 21.8 Å². The Balaban J connectivity index is 1.94. The monoisotopic (exact) mass is 281 g/mol. The Hall–Kier alpha value is -2.53. The Labute approximate surface area is 120 Å². The molecule has 0 aliphatic rings. The number of carbonyl (C=O) groups excluding carboxylic acids is 1. The maximum Gasteiger partial charge on any atom is 0.211 e. The molecule has 0 radical (unpaired) electrons. The number of rotatable bonds is 4. The van der Waals surface area contributed by atoms with Gasteiger partial charge in [-0.1, -0.05) is 12.1 Å². The second kappa shape index (κ2) is 5.63. The summed E-state index contributed by atoms with van der Waals surface area (Å²) >= 11 is 1.58. The van der Waals surface area contributed by atoms with Crippen LogP contribution in [0.5, 0.6) is 0 Å². The maximum atomic E-state index is 10.5. The van der Waals surface area contributed by atoms with Gasteiger partial charge in [0.15, 0.2) is 0 Å². The number of benzene rings is 1. The van der Waals surface area contributed by atoms with Crippen molar-refractivity contribution >= 4 is 23.4 Å². The summed E-state index contributed by atoms with van der Waals surface area (Å²) < 4.78 is 0. The number of nitrogens with zero attached hydrogens (tertiary/aromatic N) is 2. The molecule has 1 amide bonds. The maximum absolute atomic E-state index is 10.5. The average molecular weight is 281 g/mol. The molecule has 0 fully saturated rings. The Kier molecular flexibility index (Phi) is 3.52. The molecule has 0 saturated carbocycles. The highest BCUT2D eigenvalue weighted by Gasteiger charge is 2.07. The lowest BCUT2D eigenvalue weighted by Gasteiger charge is -2.01. The first-order valence-corrected chi connectivity index (χ1v) is 6.91. The molecule has 2 heterocycles. The minimum atomic E-state index is 0.668. The van der Waals surface area contributed by atoms with Crippen molar-refractivity contribution in [3.63, 3.8) is 0 Å². The number of hydrogen-bond acceptors (Lipinski definition) is 4. The van der Waals surface area contributed by atoms with Crippen molar-refractivity contribution in [3.8, 4) is 21.8 Å². The number of nitrogens with one attached hydrogen (secondary N) is 1. The molecule has 0 saturated heterocycles. The van der Waals surface area contributed by atoms with Gasteiger partial charge in [0, 0.05) is 34.6 Å². The predicted octanol–water partition coefficient (Wildman–Crippen LogP) is 3.44. The van der Waals surface area contributed by atoms with E-state index in [1.165, 1.54) is 0 Å². The van der Waals surface area contributed by atoms with Gasteiger partial charge in [0.05, 0.1) is 5.69 Å². The molecule has 0 bridgehead atoms. The number of thiazole rings is 1. The van der Waals surface area contributed by atoms with Gasteiger partial charge in [-0.3, -0.25) is 9.78 Å². The van der Waals surface area contributed by atoms with Gasteiger partial charge in [0.2, 0.25) is 6.41 Å². The van der Waals surface area contributed by atoms with E-state index in [-0.39, 0.29) is 0 Å². The van der Waals surface area contributed by atoms with Gasteiger partial charge in [-0.15, -0.1) is 11.3 Å². The zero-order valence-electron chi connectivity index (χ0n) is 10.5. The molecule has 3 rings (SSSR count). The fourth-order valence-corrected chi connectivity index (χ4v) is 2.68. The van der Waals surface area contributed by atoms with E-state index in [9.17, 15) is 4.79 Å². The minimum absolute atomic E-state index is 0.668. The predicted molar refractivity (Wildman–Crippen MR) is 80.5 cm³/mol. The van der Waals surface area contributed by atoms with Crippen molar-refractivity contribution in [2.75, 3.05) is 5.32 Å². The minimum Gasteiger partial charge on any atom is -0.329 e. The summed E-state index contributed by atoms with van der Waals surface area (Å²) in [6.45, 7) is 0. The molecule has 0 aliphatic heterocycles. The Morgan fingerprint density at radius 3 is 2.85 bits per heavy atom. The zero-order chi connectivity index (χ0) is 13.8. The molecule has 2 aromatic heterocycles. The van der Waals surface area contributed by atoms with Crippen LogP contribution < -0.4 is 5.32 Å². The van der Waals surface area contributed by atoms with Crippen LogP contribution in [0.4, 0.5) is 5.69 Å². The molecule has 1 N–H and O–H groups in total. The lowest BCUT2D eigenvalue weighted by molar-refractivity contribution is -0.105. The first kappa shape index (κ1) is 12.5. The van der Waals surface area contributed by atoms with Crippen LogP contribution in [-0.4, -0.2) is 16.4 Å². The molecule has 1 aromatic carbocycles. The summed E-state index contributed by atoms with van der Waals surface area (Å²) in [6.07, 6.45) is 4.21. The zero-order valence-corrected chi connectivity index (χ0v) is 11.3. The second-order valence-electron chi connectivity index (χ2n) is 4.12. The molecular weight excluding hydrogens is 270 g/mol. The molecule has 98 valence electrons. The van der Waals surface area contributed by atoms with E-state index >= 15 is 0 Å². The average Bonchev–Trinajstić information content (AvgIpc) is 2.99. The van der Waals surface area contributed by atoms with Gasteiger partial charge in [-0.2, -0.15) is 0 Å². The molecule has 0 atom stereocenters. The number of hydrogen-bond donors (Lipinski definition) is 1. The fourth-order valence-electron chi connectivity index (χ4n) is 1.86. The Bertz CT molecular complexity index is 725. The first-order valence-electron chi connectivity index (χ1n) is 6.03. The van der Waals surface area contributed by atoms with Crippen molar-refractivity contribution in [2.45, 2.75) is 0 Å². The molecular formula is C15H11N3OS. The lowest BCUT2D eigenvalue weighted by Crippen LogP contribution is -1.93. The van der Waals surface area contributed by atoms with Crippen LogP contribution in [0.1, 0.15) is 0 Å². The second-order valence-corrected chi connectivity index (χ2v) is 4.98. The van der Waals surface area contributed by atoms with Gasteiger partial charge in [0.1, 0.15) is 5.01 Å². The Morgan fingerprint density at radius 2 is 2.05 bits per heavy atom. The highest BCUT2D eigenvalue weighted by molar-refractivity contribution is 7.13. The van der Waals surface area contributed by atoms with E-state index < -0.39 is 0 Å². The number of amides is 1. The normalized spacial score (nSPS) is 10.2. The van der Waals surface area contributed by atoms with Gasteiger partial charge in [-0.05, 0) is 24.3 Å². The van der Waals surface area contributed by atoms with Gasteiger partial charge >= 0.3 is 0 Å². The van der Waals surface area contributed by atoms with E-state index in [1.807, 2.05) is 41.8 Å². The number of aromatic nitrogens is 2. The lowest BCUT2D eigenvalue weighted by atomic mass is 10.1. The number of carbonyl (C=O) groups is 1. The summed E-state index contributed by atoms with van der Waals surface area (Å²) in [5, 5.41) is 5.58. The van der Waals surface area contributed by atoms with Crippen LogP contribution in [0.3, 0.4) is 0 Å². The van der Waals surface area contributed by atoms with Gasteiger partial charge < -0.3 is 5.32 Å². The quantitative estimate of drug-likeness (QED) is 0.745. The fraction of sp³-hybridized carbons (Fsp3) is 0. The number of pyridine rings is 1. The summed E-state index contributed by atoms with van der Waals surface area (Å²) in [5.41, 5.74) is 3.63. The summed E-state index contributed by atoms with van der Waals surface area (Å²) in [4.78, 5) is 19.2. The van der Waals surface area contributed by atoms with Crippen molar-refractivity contribution < 1.29 is 4.79 Å². The summed E-state index contributed by atoms with van der Waals surface area (Å²) in [7, 11) is 0. The van der Waals surface area contributed by atoms with Gasteiger partial charge in [0.25, 0.3) is 0 Å². The topological polar surface area (TPSA) is 54.9 Å². The third-order valence-electron chi connectivity index (χ3n) is 2.80. The van der Waals surface area contributed by atoms with Crippen molar-refractivity contribution in [1.29, 1.82) is 0 Å². The molecule has 4 nitrogen and oxygen atoms in total. The third-order valence-corrected chi connectivity index (χ3v) is 3.69. The van der Waals surface area contributed by atoms with E-state index in [2.05, 4.69) is 15.3 Å². The number of anilines is 1. The highest BCUT2D eigenvalue weighted by Crippen LogP contribution is 2.29. The molecule has 5 heteroatoms. The van der Waals surface area contributed by atoms with Crippen molar-refractivity contribution in [2.24, 2.45) is 0 Å². The van der Waals surface area contributed by atoms with Crippen molar-refractivity contribution in [1.82, 2.24) is 9.97 Å². The van der Waals surface area contributed by atoms with Crippen molar-refractivity contribution in [3.05, 3.63) is 54.2 Å². The summed E-state index contributed by atoms with van der Waals surface area (Å²) in [6, 6.07) is 11.5. The molecule has 0 spiro atoms. The van der Waals surface area contributed by atoms with E-state index in [0.717, 1.165) is 27.5 Å². The first-order chi connectivity index (χ1) is 9.86. The summed E-state index contributed by atoms with van der Waals surface area (Å²) in [5.74, 6) is 0. The standard InChI is InChI=1S/C15H11N3OS/c19-10-17-13-5-1-3-11(7-13)14-9-20-15(18-14)12-4-2-6-16-8-12/h1-10H,(H,17,19). The van der Waals surface area contributed by atoms with E-state index in [1.54, 1.807) is 23.7 Å². The highest BCUT2D eigenvalue weighted by atomic mass is 32.1. The smallest absolute Gasteiger partial charge is 0.211 e. The van der Waals surface area contributed by atoms with Crippen LogP contribution in [0, 0.1) is 0 Å². The third kappa shape index (κ3) is 2.57. The van der Waals surface area contributed by atoms with Crippen LogP contribution in [-0.2, 0) is 4.79 Å². The molecule has 3 aromatic rings. The molecule has 20 heavy (non-hydrogen) atoms. The van der Waals surface area contributed by atoms with Gasteiger partial charge in [-0.25, -0.2) is 4.98 Å². The molecule has 0 aliphatic carbocycles. The van der Waals surface area contributed by atoms with Crippen LogP contribution >= 0.6 is 11.3 Å². The van der Waals surface area contributed by atoms with E-state index in [0.29, 0.717) is 6.41 Å². The van der Waals surface area contributed by atoms with Crippen LogP contribution in [0.2, 0.25) is 0 Å². The van der Waals surface area contributed by atoms with Crippen LogP contribution in [0.15, 0.2) is 54.2 Å². The van der Waals surface area contributed by atoms with E-state index in [4.69, 9.17) is 0 Å². The SMILES string of the molecule is O=CNc1cccc(-c2csc(-c3cccnc3)n2)c1. The molecule has 0 unspecified atom stereocenters. The largest absolute Gasteiger partial charge is 0.329 e.